The van der Waals surface area contributed by atoms with Crippen molar-refractivity contribution in [3.63, 3.8) is 0 Å². The number of allylic oxidation sites excluding steroid dienone is 1. The van der Waals surface area contributed by atoms with Gasteiger partial charge in [-0.2, -0.15) is 0 Å². The number of carbonyl (C=O) groups excluding carboxylic acids is 1. The van der Waals surface area contributed by atoms with Crippen LogP contribution in [0.4, 0.5) is 8.78 Å². The predicted octanol–water partition coefficient (Wildman–Crippen LogP) is 1.79. The summed E-state index contributed by atoms with van der Waals surface area (Å²) >= 11 is 0. The summed E-state index contributed by atoms with van der Waals surface area (Å²) in [5.41, 5.74) is 0.190. The van der Waals surface area contributed by atoms with Crippen LogP contribution in [-0.4, -0.2) is 12.2 Å². The molecule has 0 aromatic heterocycles. The maximum absolute atomic E-state index is 11.4. The molecule has 9 heavy (non-hydrogen) atoms. The normalized spacial score (nSPS) is 9.78. The van der Waals surface area contributed by atoms with E-state index in [-0.39, 0.29) is 5.57 Å². The Labute approximate surface area is 52.4 Å². The third kappa shape index (κ3) is 3.82. The van der Waals surface area contributed by atoms with Crippen molar-refractivity contribution in [2.45, 2.75) is 19.8 Å². The number of Topliss-reactive ketones (excluding diaryl/α,β-unsaturated/α-hetero) is 1. The van der Waals surface area contributed by atoms with E-state index in [9.17, 15) is 13.6 Å². The molecule has 0 unspecified atom stereocenters. The Morgan fingerprint density at radius 2 is 2.11 bits per heavy atom. The molecule has 0 amide bonds. The van der Waals surface area contributed by atoms with Crippen LogP contribution in [0.5, 0.6) is 0 Å². The largest absolute Gasteiger partial charge is 0.294 e. The second-order valence-corrected chi connectivity index (χ2v) is 1.80. The van der Waals surface area contributed by atoms with Crippen molar-refractivity contribution in [3.05, 3.63) is 12.2 Å². The van der Waals surface area contributed by atoms with Crippen LogP contribution in [0.2, 0.25) is 0 Å². The van der Waals surface area contributed by atoms with Crippen LogP contribution in [0.15, 0.2) is 12.2 Å². The van der Waals surface area contributed by atoms with Gasteiger partial charge in [-0.25, -0.2) is 8.78 Å². The Bertz CT molecular complexity index is 129. The molecule has 3 heteroatoms. The molecule has 0 atom stereocenters. The summed E-state index contributed by atoms with van der Waals surface area (Å²) in [6.07, 6.45) is -3.25. The fourth-order valence-corrected chi connectivity index (χ4v) is 0.314. The third-order valence-electron chi connectivity index (χ3n) is 0.816. The van der Waals surface area contributed by atoms with Crippen LogP contribution in [0.1, 0.15) is 13.3 Å². The van der Waals surface area contributed by atoms with Gasteiger partial charge in [0, 0.05) is 0 Å². The quantitative estimate of drug-likeness (QED) is 0.538. The van der Waals surface area contributed by atoms with Crippen molar-refractivity contribution >= 4 is 5.78 Å². The molecule has 0 N–H and O–H groups in total. The molecular formula is C6H8F2O. The number of halogens is 2. The van der Waals surface area contributed by atoms with Crippen molar-refractivity contribution in [3.8, 4) is 0 Å². The lowest BCUT2D eigenvalue weighted by atomic mass is 10.2. The van der Waals surface area contributed by atoms with E-state index in [2.05, 4.69) is 6.58 Å². The van der Waals surface area contributed by atoms with Gasteiger partial charge in [0.15, 0.2) is 5.78 Å². The number of rotatable bonds is 3. The van der Waals surface area contributed by atoms with Crippen molar-refractivity contribution in [2.75, 3.05) is 0 Å². The molecule has 0 spiro atoms. The summed E-state index contributed by atoms with van der Waals surface area (Å²) in [4.78, 5) is 10.4. The maximum Gasteiger partial charge on any atom is 0.245 e. The average Bonchev–Trinajstić information content (AvgIpc) is 1.63. The monoisotopic (exact) mass is 134 g/mol. The summed E-state index contributed by atoms with van der Waals surface area (Å²) in [7, 11) is 0. The fourth-order valence-electron chi connectivity index (χ4n) is 0.314. The second kappa shape index (κ2) is 3.33. The highest BCUT2D eigenvalue weighted by molar-refractivity contribution is 5.94. The molecular weight excluding hydrogens is 126 g/mol. The molecule has 0 aromatic rings. The molecule has 0 aliphatic carbocycles. The fraction of sp³-hybridized carbons (Fsp3) is 0.500. The Balaban J connectivity index is 3.65. The summed E-state index contributed by atoms with van der Waals surface area (Å²) < 4.78 is 22.8. The number of ketones is 1. The van der Waals surface area contributed by atoms with E-state index in [0.717, 1.165) is 0 Å². The van der Waals surface area contributed by atoms with Gasteiger partial charge in [-0.1, -0.05) is 6.58 Å². The molecule has 52 valence electrons. The first-order valence-corrected chi connectivity index (χ1v) is 2.51. The Morgan fingerprint density at radius 1 is 1.67 bits per heavy atom. The predicted molar refractivity (Wildman–Crippen MR) is 30.4 cm³/mol. The first kappa shape index (κ1) is 8.27. The van der Waals surface area contributed by atoms with Crippen molar-refractivity contribution < 1.29 is 13.6 Å². The van der Waals surface area contributed by atoms with Gasteiger partial charge in [-0.05, 0) is 12.5 Å². The van der Waals surface area contributed by atoms with E-state index < -0.39 is 18.6 Å². The highest BCUT2D eigenvalue weighted by Crippen LogP contribution is 2.03. The second-order valence-electron chi connectivity index (χ2n) is 1.80. The van der Waals surface area contributed by atoms with E-state index in [4.69, 9.17) is 0 Å². The van der Waals surface area contributed by atoms with Crippen LogP contribution < -0.4 is 0 Å². The molecule has 0 fully saturated rings. The minimum Gasteiger partial charge on any atom is -0.294 e. The van der Waals surface area contributed by atoms with Gasteiger partial charge in [0.1, 0.15) is 0 Å². The van der Waals surface area contributed by atoms with Crippen molar-refractivity contribution in [1.82, 2.24) is 0 Å². The molecule has 0 saturated carbocycles. The first-order valence-electron chi connectivity index (χ1n) is 2.51. The number of carbonyl (C=O) groups is 1. The summed E-state index contributed by atoms with van der Waals surface area (Å²) in [6.45, 7) is 4.65. The van der Waals surface area contributed by atoms with E-state index in [1.165, 1.54) is 6.92 Å². The molecule has 0 aliphatic rings. The van der Waals surface area contributed by atoms with Crippen LogP contribution in [0.25, 0.3) is 0 Å². The third-order valence-corrected chi connectivity index (χ3v) is 0.816. The zero-order valence-electron chi connectivity index (χ0n) is 5.16. The van der Waals surface area contributed by atoms with Crippen molar-refractivity contribution in [2.24, 2.45) is 0 Å². The number of hydrogen-bond acceptors (Lipinski definition) is 1. The molecule has 0 aliphatic heterocycles. The molecule has 0 heterocycles. The molecule has 0 saturated heterocycles. The van der Waals surface area contributed by atoms with Gasteiger partial charge < -0.3 is 0 Å². The Hall–Kier alpha value is -0.730. The SMILES string of the molecule is C=C(C)C(=O)CC(F)F. The molecule has 0 aromatic carbocycles. The minimum atomic E-state index is -2.55. The zero-order chi connectivity index (χ0) is 7.44. The highest BCUT2D eigenvalue weighted by atomic mass is 19.3. The van der Waals surface area contributed by atoms with Crippen LogP contribution in [0.3, 0.4) is 0 Å². The zero-order valence-corrected chi connectivity index (χ0v) is 5.16. The number of hydrogen-bond donors (Lipinski definition) is 0. The topological polar surface area (TPSA) is 17.1 Å². The molecule has 1 nitrogen and oxygen atoms in total. The van der Waals surface area contributed by atoms with Gasteiger partial charge >= 0.3 is 0 Å². The van der Waals surface area contributed by atoms with Crippen molar-refractivity contribution in [1.29, 1.82) is 0 Å². The lowest BCUT2D eigenvalue weighted by Crippen LogP contribution is -2.04. The van der Waals surface area contributed by atoms with Gasteiger partial charge in [0.05, 0.1) is 6.42 Å². The maximum atomic E-state index is 11.4. The van der Waals surface area contributed by atoms with Crippen LogP contribution in [0, 0.1) is 0 Å². The molecule has 0 radical (unpaired) electrons. The van der Waals surface area contributed by atoms with E-state index >= 15 is 0 Å². The lowest BCUT2D eigenvalue weighted by Gasteiger charge is -1.95. The average molecular weight is 134 g/mol. The van der Waals surface area contributed by atoms with Crippen LogP contribution >= 0.6 is 0 Å². The molecule has 0 rings (SSSR count). The summed E-state index contributed by atoms with van der Waals surface area (Å²) in [6, 6.07) is 0. The summed E-state index contributed by atoms with van der Waals surface area (Å²) in [5, 5.41) is 0. The van der Waals surface area contributed by atoms with Gasteiger partial charge in [-0.3, -0.25) is 4.79 Å². The van der Waals surface area contributed by atoms with Crippen LogP contribution in [-0.2, 0) is 4.79 Å². The highest BCUT2D eigenvalue weighted by Gasteiger charge is 2.09. The van der Waals surface area contributed by atoms with E-state index in [1.807, 2.05) is 0 Å². The smallest absolute Gasteiger partial charge is 0.245 e. The first-order chi connectivity index (χ1) is 4.04. The molecule has 0 bridgehead atoms. The number of alkyl halides is 2. The minimum absolute atomic E-state index is 0.190. The summed E-state index contributed by atoms with van der Waals surface area (Å²) in [5.74, 6) is -0.565. The van der Waals surface area contributed by atoms with E-state index in [1.54, 1.807) is 0 Å². The standard InChI is InChI=1S/C6H8F2O/c1-4(2)5(9)3-6(7)8/h6H,1,3H2,2H3. The Morgan fingerprint density at radius 3 is 2.22 bits per heavy atom. The van der Waals surface area contributed by atoms with E-state index in [0.29, 0.717) is 0 Å². The van der Waals surface area contributed by atoms with Gasteiger partial charge in [0.2, 0.25) is 6.43 Å². The lowest BCUT2D eigenvalue weighted by molar-refractivity contribution is -0.117. The van der Waals surface area contributed by atoms with Gasteiger partial charge in [-0.15, -0.1) is 0 Å². The Kier molecular flexibility index (Phi) is 3.06. The van der Waals surface area contributed by atoms with Gasteiger partial charge in [0.25, 0.3) is 0 Å².